The van der Waals surface area contributed by atoms with E-state index < -0.39 is 133 Å². The molecular formula is C32H21BF15N2-. The quantitative estimate of drug-likeness (QED) is 0.0463. The van der Waals surface area contributed by atoms with Gasteiger partial charge in [0.2, 0.25) is 5.82 Å². The van der Waals surface area contributed by atoms with Crippen LogP contribution in [0.4, 0.5) is 77.2 Å². The van der Waals surface area contributed by atoms with Crippen LogP contribution in [0.15, 0.2) is 23.2 Å². The lowest BCUT2D eigenvalue weighted by molar-refractivity contribution is 0.380. The highest BCUT2D eigenvalue weighted by Gasteiger charge is 2.39. The molecule has 18 heteroatoms. The molecule has 0 aliphatic rings. The van der Waals surface area contributed by atoms with Gasteiger partial charge in [0.15, 0.2) is 58.2 Å². The molecule has 0 spiro atoms. The number of amidine groups is 1. The van der Waals surface area contributed by atoms with Gasteiger partial charge in [0.1, 0.15) is 30.1 Å². The average Bonchev–Trinajstić information content (AvgIpc) is 3.07. The Kier molecular flexibility index (Phi) is 10.6. The number of rotatable bonds is 7. The summed E-state index contributed by atoms with van der Waals surface area (Å²) >= 11 is 0. The third-order valence-electron chi connectivity index (χ3n) is 8.05. The van der Waals surface area contributed by atoms with Gasteiger partial charge in [0, 0.05) is 0 Å². The highest BCUT2D eigenvalue weighted by molar-refractivity contribution is 6.91. The van der Waals surface area contributed by atoms with Crippen LogP contribution in [0.5, 0.6) is 0 Å². The molecule has 0 saturated carbocycles. The van der Waals surface area contributed by atoms with Gasteiger partial charge in [-0.05, 0) is 29.9 Å². The van der Waals surface area contributed by atoms with Crippen LogP contribution < -0.4 is 15.7 Å². The van der Waals surface area contributed by atoms with Crippen LogP contribution >= 0.6 is 0 Å². The zero-order chi connectivity index (χ0) is 37.8. The minimum absolute atomic E-state index is 0.156. The highest BCUT2D eigenvalue weighted by Crippen LogP contribution is 2.37. The molecule has 4 aromatic rings. The minimum Gasteiger partial charge on any atom is -0.495 e. The van der Waals surface area contributed by atoms with E-state index in [4.69, 9.17) is 0 Å². The SMILES string of the molecule is CC(=Nc1c(C(C)C)cccc1C(C)C)N([BH-](c1c(F)c(F)c(F)c(F)c1F)c1c(F)c(F)c(F)c(F)c1F)c1c(F)c(F)c(F)c(F)c1F. The third-order valence-corrected chi connectivity index (χ3v) is 8.05. The lowest BCUT2D eigenvalue weighted by Gasteiger charge is -2.43. The maximum absolute atomic E-state index is 15.6. The van der Waals surface area contributed by atoms with Crippen LogP contribution in [0.2, 0.25) is 0 Å². The number of hydrogen-bond donors (Lipinski definition) is 0. The first kappa shape index (κ1) is 38.2. The number of anilines is 1. The summed E-state index contributed by atoms with van der Waals surface area (Å²) in [5.41, 5.74) is -6.81. The molecule has 4 rings (SSSR count). The first-order valence-corrected chi connectivity index (χ1v) is 14.4. The molecule has 0 aromatic heterocycles. The summed E-state index contributed by atoms with van der Waals surface area (Å²) in [6.45, 7) is 1.89. The summed E-state index contributed by atoms with van der Waals surface area (Å²) in [6, 6.07) is 4.42. The summed E-state index contributed by atoms with van der Waals surface area (Å²) in [7, 11) is 0. The second kappa shape index (κ2) is 13.9. The second-order valence-electron chi connectivity index (χ2n) is 11.7. The van der Waals surface area contributed by atoms with E-state index in [-0.39, 0.29) is 16.8 Å². The summed E-state index contributed by atoms with van der Waals surface area (Å²) in [6.07, 6.45) is 0. The molecule has 0 heterocycles. The summed E-state index contributed by atoms with van der Waals surface area (Å²) in [5, 5.41) is 0. The Morgan fingerprint density at radius 3 is 1.06 bits per heavy atom. The van der Waals surface area contributed by atoms with Crippen molar-refractivity contribution in [2.75, 3.05) is 4.81 Å². The van der Waals surface area contributed by atoms with Gasteiger partial charge in [-0.25, -0.2) is 70.8 Å². The average molecular weight is 729 g/mol. The molecule has 0 saturated heterocycles. The second-order valence-corrected chi connectivity index (χ2v) is 11.7. The number of nitrogens with zero attached hydrogens (tertiary/aromatic N) is 2. The lowest BCUT2D eigenvalue weighted by atomic mass is 9.47. The van der Waals surface area contributed by atoms with Crippen LogP contribution in [-0.4, -0.2) is 12.7 Å². The molecule has 0 atom stereocenters. The molecule has 0 amide bonds. The molecule has 0 aliphatic heterocycles. The van der Waals surface area contributed by atoms with Gasteiger partial charge < -0.3 is 4.81 Å². The minimum atomic E-state index is -5.14. The molecule has 0 unspecified atom stereocenters. The van der Waals surface area contributed by atoms with Crippen molar-refractivity contribution in [2.24, 2.45) is 4.99 Å². The molecule has 0 radical (unpaired) electrons. The summed E-state index contributed by atoms with van der Waals surface area (Å²) in [5.74, 6) is -45.6. The highest BCUT2D eigenvalue weighted by atomic mass is 19.2. The van der Waals surface area contributed by atoms with E-state index in [1.165, 1.54) is 18.2 Å². The molecule has 4 aromatic carbocycles. The summed E-state index contributed by atoms with van der Waals surface area (Å²) in [4.78, 5) is 3.62. The Labute approximate surface area is 274 Å². The smallest absolute Gasteiger partial charge is 0.200 e. The third kappa shape index (κ3) is 6.06. The standard InChI is InChI=1S/C32H21BF15N2/c1-9(2)12-7-6-8-13(10(3)4)31(12)49-11(5)50(32-29(47)27(45)26(44)28(46)30(32)48)33(14-16(34)20(38)24(42)21(39)17(14)35)15-18(36)22(40)25(43)23(41)19(15)37/h6-10,33H,1-5H3/q-1. The van der Waals surface area contributed by atoms with Crippen LogP contribution in [0.1, 0.15) is 57.6 Å². The van der Waals surface area contributed by atoms with Gasteiger partial charge in [-0.1, -0.05) is 45.9 Å². The maximum Gasteiger partial charge on any atom is 0.200 e. The van der Waals surface area contributed by atoms with Crippen molar-refractivity contribution in [1.82, 2.24) is 0 Å². The van der Waals surface area contributed by atoms with Crippen molar-refractivity contribution in [2.45, 2.75) is 46.5 Å². The van der Waals surface area contributed by atoms with Crippen molar-refractivity contribution in [3.8, 4) is 0 Å². The maximum atomic E-state index is 15.6. The molecule has 0 N–H and O–H groups in total. The Hall–Kier alpha value is -4.64. The number of aliphatic imine (C=N–C) groups is 1. The molecular weight excluding hydrogens is 708 g/mol. The fraction of sp³-hybridized carbons (Fsp3) is 0.219. The normalized spacial score (nSPS) is 12.3. The van der Waals surface area contributed by atoms with Gasteiger partial charge >= 0.3 is 0 Å². The van der Waals surface area contributed by atoms with Gasteiger partial charge in [0.05, 0.1) is 17.2 Å². The summed E-state index contributed by atoms with van der Waals surface area (Å²) < 4.78 is 224. The van der Waals surface area contributed by atoms with Crippen molar-refractivity contribution in [3.05, 3.63) is 117 Å². The zero-order valence-corrected chi connectivity index (χ0v) is 26.2. The van der Waals surface area contributed by atoms with E-state index >= 15 is 26.3 Å². The first-order chi connectivity index (χ1) is 23.2. The molecule has 2 nitrogen and oxygen atoms in total. The fourth-order valence-corrected chi connectivity index (χ4v) is 5.62. The van der Waals surface area contributed by atoms with Gasteiger partial charge in [0.25, 0.3) is 0 Å². The molecule has 0 bridgehead atoms. The van der Waals surface area contributed by atoms with Crippen LogP contribution in [0, 0.1) is 87.3 Å². The van der Waals surface area contributed by atoms with Gasteiger partial charge in [-0.2, -0.15) is 0 Å². The van der Waals surface area contributed by atoms with Crippen LogP contribution in [0.25, 0.3) is 0 Å². The van der Waals surface area contributed by atoms with E-state index in [9.17, 15) is 39.5 Å². The van der Waals surface area contributed by atoms with Gasteiger partial charge in [-0.3, -0.25) is 0 Å². The Morgan fingerprint density at radius 1 is 0.480 bits per heavy atom. The van der Waals surface area contributed by atoms with Crippen molar-refractivity contribution >= 4 is 35.0 Å². The number of halogens is 15. The van der Waals surface area contributed by atoms with Crippen molar-refractivity contribution < 1.29 is 65.9 Å². The molecule has 0 fully saturated rings. The monoisotopic (exact) mass is 729 g/mol. The van der Waals surface area contributed by atoms with Crippen molar-refractivity contribution in [1.29, 1.82) is 0 Å². The topological polar surface area (TPSA) is 15.6 Å². The zero-order valence-electron chi connectivity index (χ0n) is 26.2. The van der Waals surface area contributed by atoms with E-state index in [1.807, 2.05) is 0 Å². The van der Waals surface area contributed by atoms with Crippen LogP contribution in [0.3, 0.4) is 0 Å². The Balaban J connectivity index is 2.38. The van der Waals surface area contributed by atoms with Crippen molar-refractivity contribution in [3.63, 3.8) is 0 Å². The van der Waals surface area contributed by atoms with E-state index in [2.05, 4.69) is 4.99 Å². The van der Waals surface area contributed by atoms with E-state index in [0.29, 0.717) is 6.92 Å². The number of para-hydroxylation sites is 1. The van der Waals surface area contributed by atoms with Gasteiger partial charge in [-0.15, -0.1) is 10.9 Å². The van der Waals surface area contributed by atoms with Crippen LogP contribution in [-0.2, 0) is 0 Å². The molecule has 50 heavy (non-hydrogen) atoms. The fourth-order valence-electron chi connectivity index (χ4n) is 5.62. The molecule has 0 aliphatic carbocycles. The molecule has 268 valence electrons. The lowest BCUT2D eigenvalue weighted by Crippen LogP contribution is -2.63. The Bertz CT molecular complexity index is 1880. The predicted molar refractivity (Wildman–Crippen MR) is 155 cm³/mol. The Morgan fingerprint density at radius 2 is 0.760 bits per heavy atom. The van der Waals surface area contributed by atoms with E-state index in [1.54, 1.807) is 27.7 Å². The predicted octanol–water partition coefficient (Wildman–Crippen LogP) is 9.11. The number of benzene rings is 4. The number of hydrogen-bond acceptors (Lipinski definition) is 1. The van der Waals surface area contributed by atoms with E-state index in [0.717, 1.165) is 0 Å². The first-order valence-electron chi connectivity index (χ1n) is 14.4. The largest absolute Gasteiger partial charge is 0.495 e.